The Kier molecular flexibility index (Phi) is 3.91. The number of hydrogen-bond acceptors (Lipinski definition) is 3. The maximum atomic E-state index is 6.46. The molecule has 0 unspecified atom stereocenters. The Labute approximate surface area is 143 Å². The third-order valence-corrected chi connectivity index (χ3v) is 5.25. The van der Waals surface area contributed by atoms with Gasteiger partial charge in [0.25, 0.3) is 0 Å². The van der Waals surface area contributed by atoms with Gasteiger partial charge in [-0.25, -0.2) is 0 Å². The van der Waals surface area contributed by atoms with Crippen molar-refractivity contribution in [3.05, 3.63) is 35.9 Å². The smallest absolute Gasteiger partial charge is 0.0755 e. The predicted molar refractivity (Wildman–Crippen MR) is 100 cm³/mol. The second-order valence-electron chi connectivity index (χ2n) is 7.45. The fraction of sp³-hybridized carbons (Fsp3) is 0.500. The molecular formula is C20H26N4. The molecule has 2 fully saturated rings. The molecule has 2 heterocycles. The summed E-state index contributed by atoms with van der Waals surface area (Å²) in [6.45, 7) is 4.40. The molecule has 24 heavy (non-hydrogen) atoms. The number of pyridine rings is 1. The van der Waals surface area contributed by atoms with Crippen LogP contribution in [0.4, 0.5) is 0 Å². The molecule has 0 amide bonds. The molecule has 0 bridgehead atoms. The minimum Gasteiger partial charge on any atom is -0.401 e. The molecule has 2 aromatic rings. The normalized spacial score (nSPS) is 20.0. The molecule has 4 rings (SSSR count). The Morgan fingerprint density at radius 3 is 2.75 bits per heavy atom. The Morgan fingerprint density at radius 1 is 1.33 bits per heavy atom. The van der Waals surface area contributed by atoms with Crippen molar-refractivity contribution in [2.24, 2.45) is 16.6 Å². The van der Waals surface area contributed by atoms with Crippen LogP contribution in [0.25, 0.3) is 16.5 Å². The molecule has 0 saturated heterocycles. The van der Waals surface area contributed by atoms with Gasteiger partial charge in [0.15, 0.2) is 0 Å². The Hall–Kier alpha value is -2.10. The number of aliphatic imine (C=N–C) groups is 1. The van der Waals surface area contributed by atoms with E-state index in [1.165, 1.54) is 43.0 Å². The van der Waals surface area contributed by atoms with Crippen LogP contribution < -0.4 is 5.73 Å². The quantitative estimate of drug-likeness (QED) is 0.833. The molecule has 4 nitrogen and oxygen atoms in total. The van der Waals surface area contributed by atoms with Crippen molar-refractivity contribution in [3.63, 3.8) is 0 Å². The average molecular weight is 322 g/mol. The van der Waals surface area contributed by atoms with E-state index in [9.17, 15) is 0 Å². The molecule has 2 aromatic heterocycles. The van der Waals surface area contributed by atoms with Crippen LogP contribution in [0.1, 0.15) is 57.7 Å². The van der Waals surface area contributed by atoms with Crippen molar-refractivity contribution in [2.45, 2.75) is 58.0 Å². The average Bonchev–Trinajstić information content (AvgIpc) is 3.28. The van der Waals surface area contributed by atoms with Crippen molar-refractivity contribution < 1.29 is 0 Å². The molecule has 2 saturated carbocycles. The van der Waals surface area contributed by atoms with Crippen LogP contribution in [-0.2, 0) is 0 Å². The maximum Gasteiger partial charge on any atom is 0.0755 e. The fourth-order valence-electron chi connectivity index (χ4n) is 3.26. The molecule has 0 aromatic carbocycles. The first kappa shape index (κ1) is 15.4. The van der Waals surface area contributed by atoms with Gasteiger partial charge in [-0.05, 0) is 64.0 Å². The number of aromatic nitrogens is 2. The molecule has 0 aliphatic heterocycles. The standard InChI is InChI=1S/C20H26N4/c1-13(2)24-9-8-15-11-23-18(10-19(15)24)17(20(21)14-6-7-14)12-22-16-4-3-5-16/h8-14,16H,3-7,21H2,1-2H3. The largest absolute Gasteiger partial charge is 0.401 e. The number of nitrogens with two attached hydrogens (primary N) is 1. The third kappa shape index (κ3) is 2.85. The van der Waals surface area contributed by atoms with Crippen LogP contribution in [-0.4, -0.2) is 21.8 Å². The van der Waals surface area contributed by atoms with Gasteiger partial charge in [0, 0.05) is 47.3 Å². The van der Waals surface area contributed by atoms with Crippen molar-refractivity contribution in [3.8, 4) is 0 Å². The van der Waals surface area contributed by atoms with Crippen LogP contribution >= 0.6 is 0 Å². The molecule has 0 spiro atoms. The van der Waals surface area contributed by atoms with Crippen LogP contribution in [0.2, 0.25) is 0 Å². The fourth-order valence-corrected chi connectivity index (χ4v) is 3.26. The molecule has 2 aliphatic rings. The van der Waals surface area contributed by atoms with E-state index in [0.29, 0.717) is 18.0 Å². The van der Waals surface area contributed by atoms with Gasteiger partial charge in [0.2, 0.25) is 0 Å². The topological polar surface area (TPSA) is 56.2 Å². The Bertz CT molecular complexity index is 804. The van der Waals surface area contributed by atoms with E-state index in [2.05, 4.69) is 36.7 Å². The Morgan fingerprint density at radius 2 is 2.12 bits per heavy atom. The summed E-state index contributed by atoms with van der Waals surface area (Å²) in [6, 6.07) is 5.21. The summed E-state index contributed by atoms with van der Waals surface area (Å²) in [5, 5.41) is 1.17. The Balaban J connectivity index is 1.76. The van der Waals surface area contributed by atoms with Gasteiger partial charge >= 0.3 is 0 Å². The van der Waals surface area contributed by atoms with Crippen molar-refractivity contribution in [2.75, 3.05) is 0 Å². The number of nitrogens with zero attached hydrogens (tertiary/aromatic N) is 3. The second-order valence-corrected chi connectivity index (χ2v) is 7.45. The first-order chi connectivity index (χ1) is 11.6. The summed E-state index contributed by atoms with van der Waals surface area (Å²) in [5.74, 6) is 0.516. The van der Waals surface area contributed by atoms with E-state index in [-0.39, 0.29) is 0 Å². The number of fused-ring (bicyclic) bond motifs is 1. The summed E-state index contributed by atoms with van der Waals surface area (Å²) in [4.78, 5) is 9.44. The summed E-state index contributed by atoms with van der Waals surface area (Å²) in [6.07, 6.45) is 12.2. The van der Waals surface area contributed by atoms with Gasteiger partial charge in [-0.15, -0.1) is 0 Å². The van der Waals surface area contributed by atoms with Crippen molar-refractivity contribution in [1.29, 1.82) is 0 Å². The van der Waals surface area contributed by atoms with Gasteiger partial charge in [-0.2, -0.15) is 0 Å². The minimum absolute atomic E-state index is 0.426. The van der Waals surface area contributed by atoms with Crippen molar-refractivity contribution >= 4 is 22.7 Å². The predicted octanol–water partition coefficient (Wildman–Crippen LogP) is 4.32. The third-order valence-electron chi connectivity index (χ3n) is 5.25. The molecule has 2 aliphatic carbocycles. The van der Waals surface area contributed by atoms with Crippen LogP contribution in [0.3, 0.4) is 0 Å². The zero-order valence-electron chi connectivity index (χ0n) is 14.6. The lowest BCUT2D eigenvalue weighted by atomic mass is 9.94. The van der Waals surface area contributed by atoms with Crippen LogP contribution in [0, 0.1) is 5.92 Å². The van der Waals surface area contributed by atoms with Crippen LogP contribution in [0.5, 0.6) is 0 Å². The van der Waals surface area contributed by atoms with Gasteiger partial charge in [-0.3, -0.25) is 9.98 Å². The monoisotopic (exact) mass is 322 g/mol. The zero-order valence-corrected chi connectivity index (χ0v) is 14.6. The lowest BCUT2D eigenvalue weighted by Crippen LogP contribution is -2.15. The summed E-state index contributed by atoms with van der Waals surface area (Å²) in [7, 11) is 0. The molecule has 0 radical (unpaired) electrons. The summed E-state index contributed by atoms with van der Waals surface area (Å²) in [5.41, 5.74) is 10.6. The maximum absolute atomic E-state index is 6.46. The highest BCUT2D eigenvalue weighted by atomic mass is 15.0. The lowest BCUT2D eigenvalue weighted by molar-refractivity contribution is 0.421. The van der Waals surface area contributed by atoms with E-state index in [4.69, 9.17) is 15.7 Å². The SMILES string of the molecule is CC(C)n1ccc2cnc(C(C=NC3CCC3)=C(N)C3CC3)cc21. The van der Waals surface area contributed by atoms with E-state index in [1.807, 2.05) is 12.4 Å². The number of rotatable bonds is 5. The van der Waals surface area contributed by atoms with E-state index in [0.717, 1.165) is 17.0 Å². The minimum atomic E-state index is 0.426. The highest BCUT2D eigenvalue weighted by molar-refractivity contribution is 6.11. The first-order valence-corrected chi connectivity index (χ1v) is 9.13. The van der Waals surface area contributed by atoms with E-state index >= 15 is 0 Å². The van der Waals surface area contributed by atoms with Gasteiger partial charge < -0.3 is 10.3 Å². The van der Waals surface area contributed by atoms with Gasteiger partial charge in [-0.1, -0.05) is 0 Å². The zero-order chi connectivity index (χ0) is 16.7. The lowest BCUT2D eigenvalue weighted by Gasteiger charge is -2.21. The number of allylic oxidation sites excluding steroid dienone is 2. The highest BCUT2D eigenvalue weighted by Crippen LogP contribution is 2.37. The molecule has 0 atom stereocenters. The summed E-state index contributed by atoms with van der Waals surface area (Å²) < 4.78 is 2.29. The molecule has 2 N–H and O–H groups in total. The summed E-state index contributed by atoms with van der Waals surface area (Å²) >= 11 is 0. The number of hydrogen-bond donors (Lipinski definition) is 1. The highest BCUT2D eigenvalue weighted by Gasteiger charge is 2.27. The first-order valence-electron chi connectivity index (χ1n) is 9.13. The van der Waals surface area contributed by atoms with Gasteiger partial charge in [0.1, 0.15) is 0 Å². The van der Waals surface area contributed by atoms with Gasteiger partial charge in [0.05, 0.1) is 11.2 Å². The second kappa shape index (κ2) is 6.08. The van der Waals surface area contributed by atoms with Crippen molar-refractivity contribution in [1.82, 2.24) is 9.55 Å². The van der Waals surface area contributed by atoms with E-state index < -0.39 is 0 Å². The molecular weight excluding hydrogens is 296 g/mol. The van der Waals surface area contributed by atoms with Crippen LogP contribution in [0.15, 0.2) is 35.2 Å². The van der Waals surface area contributed by atoms with E-state index in [1.54, 1.807) is 0 Å². The molecule has 4 heteroatoms. The molecule has 126 valence electrons.